The van der Waals surface area contributed by atoms with Gasteiger partial charge in [-0.2, -0.15) is 18.3 Å². The van der Waals surface area contributed by atoms with Gasteiger partial charge in [0, 0.05) is 50.0 Å². The van der Waals surface area contributed by atoms with E-state index in [4.69, 9.17) is 4.74 Å². The highest BCUT2D eigenvalue weighted by Gasteiger charge is 2.44. The molecule has 2 aliphatic rings. The third-order valence-electron chi connectivity index (χ3n) is 8.14. The number of fused-ring (bicyclic) bond motifs is 1. The Balaban J connectivity index is 1.63. The molecule has 12 heteroatoms. The number of hydrogen-bond donors (Lipinski definition) is 0. The number of alkyl halides is 3. The molecule has 0 radical (unpaired) electrons. The quantitative estimate of drug-likeness (QED) is 0.390. The second kappa shape index (κ2) is 11.7. The third-order valence-corrected chi connectivity index (χ3v) is 8.14. The minimum Gasteiger partial charge on any atom is -0.497 e. The molecule has 0 saturated carbocycles. The van der Waals surface area contributed by atoms with Crippen molar-refractivity contribution in [1.29, 1.82) is 0 Å². The van der Waals surface area contributed by atoms with Crippen molar-refractivity contribution in [2.75, 3.05) is 39.2 Å². The van der Waals surface area contributed by atoms with Crippen LogP contribution in [0, 0.1) is 0 Å². The number of carbonyl (C=O) groups is 3. The molecule has 3 heterocycles. The van der Waals surface area contributed by atoms with Crippen molar-refractivity contribution in [3.05, 3.63) is 70.5 Å². The number of halogens is 3. The van der Waals surface area contributed by atoms with Crippen molar-refractivity contribution in [1.82, 2.24) is 19.6 Å². The van der Waals surface area contributed by atoms with Crippen LogP contribution in [0.15, 0.2) is 42.5 Å². The van der Waals surface area contributed by atoms with Crippen LogP contribution in [0.5, 0.6) is 5.75 Å². The molecule has 9 nitrogen and oxygen atoms in total. The number of aromatic nitrogens is 2. The number of amides is 3. The predicted molar refractivity (Wildman–Crippen MR) is 154 cm³/mol. The first-order valence-electron chi connectivity index (χ1n) is 14.3. The second-order valence-electron chi connectivity index (χ2n) is 11.0. The molecular formula is C31H34F3N5O4. The molecule has 3 aromatic rings. The molecule has 1 atom stereocenters. The van der Waals surface area contributed by atoms with E-state index in [0.717, 1.165) is 30.4 Å². The molecule has 1 fully saturated rings. The van der Waals surface area contributed by atoms with Gasteiger partial charge >= 0.3 is 6.18 Å². The SMILES string of the molecule is CCC1CCCCN1C(=O)c1cc(OC)ccc1-n1nc(C(F)(F)F)c2c1C(=O)N(c1ccc(C(=O)N(C)C)cc1)CC2. The summed E-state index contributed by atoms with van der Waals surface area (Å²) in [4.78, 5) is 44.9. The van der Waals surface area contributed by atoms with E-state index in [-0.39, 0.29) is 53.3 Å². The van der Waals surface area contributed by atoms with Crippen molar-refractivity contribution in [2.24, 2.45) is 0 Å². The van der Waals surface area contributed by atoms with Crippen LogP contribution in [0.1, 0.15) is 75.1 Å². The summed E-state index contributed by atoms with van der Waals surface area (Å²) in [7, 11) is 4.68. The Kier molecular flexibility index (Phi) is 8.22. The van der Waals surface area contributed by atoms with Crippen LogP contribution in [0.4, 0.5) is 18.9 Å². The Bertz CT molecular complexity index is 1550. The van der Waals surface area contributed by atoms with Crippen molar-refractivity contribution in [2.45, 2.75) is 51.2 Å². The predicted octanol–water partition coefficient (Wildman–Crippen LogP) is 5.21. The second-order valence-corrected chi connectivity index (χ2v) is 11.0. The Labute approximate surface area is 247 Å². The molecule has 1 unspecified atom stereocenters. The first kappa shape index (κ1) is 30.1. The molecule has 0 N–H and O–H groups in total. The van der Waals surface area contributed by atoms with E-state index < -0.39 is 17.8 Å². The molecule has 0 aliphatic carbocycles. The van der Waals surface area contributed by atoms with Gasteiger partial charge in [0.05, 0.1) is 18.4 Å². The summed E-state index contributed by atoms with van der Waals surface area (Å²) in [6.45, 7) is 2.51. The summed E-state index contributed by atoms with van der Waals surface area (Å²) in [6, 6.07) is 10.8. The lowest BCUT2D eigenvalue weighted by Gasteiger charge is -2.35. The molecule has 5 rings (SSSR count). The molecule has 228 valence electrons. The van der Waals surface area contributed by atoms with Crippen LogP contribution in [-0.4, -0.2) is 77.6 Å². The maximum absolute atomic E-state index is 14.3. The summed E-state index contributed by atoms with van der Waals surface area (Å²) < 4.78 is 49.1. The summed E-state index contributed by atoms with van der Waals surface area (Å²) >= 11 is 0. The zero-order valence-corrected chi connectivity index (χ0v) is 24.6. The van der Waals surface area contributed by atoms with Crippen molar-refractivity contribution >= 4 is 23.4 Å². The van der Waals surface area contributed by atoms with Gasteiger partial charge in [0.1, 0.15) is 11.4 Å². The van der Waals surface area contributed by atoms with Crippen molar-refractivity contribution in [3.63, 3.8) is 0 Å². The van der Waals surface area contributed by atoms with Gasteiger partial charge in [0.15, 0.2) is 5.69 Å². The number of anilines is 1. The zero-order chi connectivity index (χ0) is 31.1. The summed E-state index contributed by atoms with van der Waals surface area (Å²) in [5, 5.41) is 3.93. The monoisotopic (exact) mass is 597 g/mol. The molecule has 2 aliphatic heterocycles. The standard InChI is InChI=1S/C31H34F3N5O4/c1-5-20-8-6-7-16-37(20)29(41)24-18-22(43-4)13-14-25(24)39-26-23(27(35-39)31(32,33)34)15-17-38(30(26)42)21-11-9-19(10-12-21)28(40)36(2)3/h9-14,18,20H,5-8,15-17H2,1-4H3. The van der Waals surface area contributed by atoms with Gasteiger partial charge in [-0.25, -0.2) is 4.68 Å². The molecule has 0 bridgehead atoms. The maximum atomic E-state index is 14.3. The summed E-state index contributed by atoms with van der Waals surface area (Å²) in [5.74, 6) is -0.897. The molecule has 2 aromatic carbocycles. The van der Waals surface area contributed by atoms with Gasteiger partial charge in [-0.3, -0.25) is 14.4 Å². The fraction of sp³-hybridized carbons (Fsp3) is 0.419. The number of rotatable bonds is 6. The highest BCUT2D eigenvalue weighted by atomic mass is 19.4. The lowest BCUT2D eigenvalue weighted by atomic mass is 9.98. The maximum Gasteiger partial charge on any atom is 0.435 e. The first-order valence-corrected chi connectivity index (χ1v) is 14.3. The highest BCUT2D eigenvalue weighted by Crippen LogP contribution is 2.38. The van der Waals surface area contributed by atoms with Crippen LogP contribution < -0.4 is 9.64 Å². The van der Waals surface area contributed by atoms with E-state index in [1.54, 1.807) is 43.3 Å². The molecule has 0 spiro atoms. The summed E-state index contributed by atoms with van der Waals surface area (Å²) in [6.07, 6.45) is -1.52. The van der Waals surface area contributed by atoms with Gasteiger partial charge in [-0.15, -0.1) is 0 Å². The zero-order valence-electron chi connectivity index (χ0n) is 24.6. The van der Waals surface area contributed by atoms with Gasteiger partial charge in [-0.05, 0) is 74.6 Å². The van der Waals surface area contributed by atoms with Crippen LogP contribution in [0.2, 0.25) is 0 Å². The molecule has 43 heavy (non-hydrogen) atoms. The van der Waals surface area contributed by atoms with E-state index in [0.29, 0.717) is 23.5 Å². The number of methoxy groups -OCH3 is 1. The Morgan fingerprint density at radius 1 is 1.07 bits per heavy atom. The topological polar surface area (TPSA) is 88.0 Å². The minimum atomic E-state index is -4.82. The van der Waals surface area contributed by atoms with Crippen LogP contribution in [0.3, 0.4) is 0 Å². The number of likely N-dealkylation sites (tertiary alicyclic amines) is 1. The average molecular weight is 598 g/mol. The van der Waals surface area contributed by atoms with E-state index in [9.17, 15) is 27.6 Å². The van der Waals surface area contributed by atoms with E-state index in [1.165, 1.54) is 35.1 Å². The molecule has 1 saturated heterocycles. The number of nitrogens with zero attached hydrogens (tertiary/aromatic N) is 5. The fourth-order valence-corrected chi connectivity index (χ4v) is 5.90. The van der Waals surface area contributed by atoms with E-state index >= 15 is 0 Å². The van der Waals surface area contributed by atoms with Crippen molar-refractivity contribution < 1.29 is 32.3 Å². The van der Waals surface area contributed by atoms with Gasteiger partial charge in [0.2, 0.25) is 0 Å². The Morgan fingerprint density at radius 2 is 1.79 bits per heavy atom. The Morgan fingerprint density at radius 3 is 2.42 bits per heavy atom. The van der Waals surface area contributed by atoms with Crippen LogP contribution in [-0.2, 0) is 12.6 Å². The smallest absolute Gasteiger partial charge is 0.435 e. The lowest BCUT2D eigenvalue weighted by Crippen LogP contribution is -2.44. The molecule has 1 aromatic heterocycles. The van der Waals surface area contributed by atoms with Gasteiger partial charge < -0.3 is 19.4 Å². The average Bonchev–Trinajstić information content (AvgIpc) is 3.41. The van der Waals surface area contributed by atoms with Gasteiger partial charge in [0.25, 0.3) is 17.7 Å². The lowest BCUT2D eigenvalue weighted by molar-refractivity contribution is -0.141. The number of piperidine rings is 1. The molecular weight excluding hydrogens is 563 g/mol. The number of ether oxygens (including phenoxy) is 1. The normalized spacial score (nSPS) is 17.1. The largest absolute Gasteiger partial charge is 0.497 e. The fourth-order valence-electron chi connectivity index (χ4n) is 5.90. The third kappa shape index (κ3) is 5.57. The van der Waals surface area contributed by atoms with E-state index in [1.807, 2.05) is 6.92 Å². The van der Waals surface area contributed by atoms with Crippen LogP contribution in [0.25, 0.3) is 5.69 Å². The van der Waals surface area contributed by atoms with Crippen molar-refractivity contribution in [3.8, 4) is 11.4 Å². The number of hydrogen-bond acceptors (Lipinski definition) is 5. The number of benzene rings is 2. The van der Waals surface area contributed by atoms with Gasteiger partial charge in [-0.1, -0.05) is 6.92 Å². The Hall–Kier alpha value is -4.35. The number of carbonyl (C=O) groups excluding carboxylic acids is 3. The molecule has 3 amide bonds. The minimum absolute atomic E-state index is 0.00274. The van der Waals surface area contributed by atoms with E-state index in [2.05, 4.69) is 5.10 Å². The highest BCUT2D eigenvalue weighted by molar-refractivity contribution is 6.08. The first-order chi connectivity index (χ1) is 20.5. The van der Waals surface area contributed by atoms with Crippen LogP contribution >= 0.6 is 0 Å². The summed E-state index contributed by atoms with van der Waals surface area (Å²) in [5.41, 5.74) is -0.606.